The maximum absolute atomic E-state index is 11.7. The van der Waals surface area contributed by atoms with E-state index in [9.17, 15) is 4.79 Å². The van der Waals surface area contributed by atoms with Crippen LogP contribution in [0, 0.1) is 5.92 Å². The third-order valence-corrected chi connectivity index (χ3v) is 11.9. The Hall–Kier alpha value is -1.83. The Morgan fingerprint density at radius 2 is 1.58 bits per heavy atom. The second-order valence-electron chi connectivity index (χ2n) is 10.6. The van der Waals surface area contributed by atoms with Gasteiger partial charge in [0, 0.05) is 12.3 Å². The van der Waals surface area contributed by atoms with Gasteiger partial charge in [-0.05, 0) is 29.3 Å². The highest BCUT2D eigenvalue weighted by Gasteiger charge is 2.55. The molecule has 2 aromatic rings. The molecule has 4 atom stereocenters. The first-order valence-corrected chi connectivity index (χ1v) is 13.7. The van der Waals surface area contributed by atoms with Gasteiger partial charge >= 0.3 is 0 Å². The second kappa shape index (κ2) is 9.43. The van der Waals surface area contributed by atoms with Gasteiger partial charge in [-0.25, -0.2) is 0 Å². The molecular weight excluding hydrogens is 432 g/mol. The van der Waals surface area contributed by atoms with Gasteiger partial charge in [0.1, 0.15) is 12.4 Å². The summed E-state index contributed by atoms with van der Waals surface area (Å²) in [6.07, 6.45) is 0.694. The molecule has 0 saturated carbocycles. The summed E-state index contributed by atoms with van der Waals surface area (Å²) >= 11 is 0. The number of hydrogen-bond acceptors (Lipinski definition) is 5. The molecule has 2 aliphatic rings. The average molecular weight is 469 g/mol. The van der Waals surface area contributed by atoms with Crippen LogP contribution in [0.1, 0.15) is 41.0 Å². The smallest absolute Gasteiger partial charge is 0.261 e. The van der Waals surface area contributed by atoms with Crippen LogP contribution in [0.2, 0.25) is 5.04 Å². The number of carbonyl (C=O) groups is 1. The van der Waals surface area contributed by atoms with Crippen molar-refractivity contribution in [3.63, 3.8) is 0 Å². The molecule has 178 valence electrons. The molecule has 0 radical (unpaired) electrons. The Morgan fingerprint density at radius 3 is 2.03 bits per heavy atom. The quantitative estimate of drug-likeness (QED) is 0.458. The number of benzene rings is 2. The third-order valence-electron chi connectivity index (χ3n) is 6.86. The molecule has 5 nitrogen and oxygen atoms in total. The number of hydrogen-bond donors (Lipinski definition) is 0. The molecule has 0 unspecified atom stereocenters. The summed E-state index contributed by atoms with van der Waals surface area (Å²) in [6.45, 7) is 11.5. The van der Waals surface area contributed by atoms with Crippen molar-refractivity contribution in [2.45, 2.75) is 70.2 Å². The molecule has 0 aromatic heterocycles. The molecule has 0 N–H and O–H groups in total. The molecule has 33 heavy (non-hydrogen) atoms. The van der Waals surface area contributed by atoms with Crippen LogP contribution in [0.3, 0.4) is 0 Å². The number of aldehydes is 1. The van der Waals surface area contributed by atoms with E-state index in [-0.39, 0.29) is 29.3 Å². The zero-order valence-corrected chi connectivity index (χ0v) is 21.3. The predicted octanol–water partition coefficient (Wildman–Crippen LogP) is 3.69. The molecule has 0 spiro atoms. The van der Waals surface area contributed by atoms with Crippen LogP contribution >= 0.6 is 0 Å². The number of carbonyl (C=O) groups excluding carboxylic acids is 1. The van der Waals surface area contributed by atoms with E-state index in [4.69, 9.17) is 18.6 Å². The number of ether oxygens (including phenoxy) is 3. The first-order valence-electron chi connectivity index (χ1n) is 11.8. The summed E-state index contributed by atoms with van der Waals surface area (Å²) in [5, 5.41) is 2.30. The maximum Gasteiger partial charge on any atom is 0.261 e. The molecule has 2 heterocycles. The van der Waals surface area contributed by atoms with Gasteiger partial charge in [0.05, 0.1) is 25.4 Å². The largest absolute Gasteiger partial charge is 0.402 e. The van der Waals surface area contributed by atoms with Crippen LogP contribution in [0.5, 0.6) is 0 Å². The first-order chi connectivity index (χ1) is 15.7. The van der Waals surface area contributed by atoms with Crippen molar-refractivity contribution >= 4 is 25.0 Å². The van der Waals surface area contributed by atoms with Crippen molar-refractivity contribution < 1.29 is 23.4 Å². The molecule has 6 heteroatoms. The van der Waals surface area contributed by atoms with Crippen molar-refractivity contribution in [2.24, 2.45) is 5.92 Å². The molecule has 4 rings (SSSR count). The van der Waals surface area contributed by atoms with Gasteiger partial charge in [-0.3, -0.25) is 0 Å². The van der Waals surface area contributed by atoms with Gasteiger partial charge in [-0.15, -0.1) is 0 Å². The van der Waals surface area contributed by atoms with Crippen LogP contribution in [0.25, 0.3) is 0 Å². The van der Waals surface area contributed by atoms with E-state index >= 15 is 0 Å². The van der Waals surface area contributed by atoms with Gasteiger partial charge < -0.3 is 23.4 Å². The lowest BCUT2D eigenvalue weighted by Crippen LogP contribution is -2.68. The molecule has 2 saturated heterocycles. The lowest BCUT2D eigenvalue weighted by molar-refractivity contribution is -0.155. The van der Waals surface area contributed by atoms with Crippen molar-refractivity contribution in [1.29, 1.82) is 0 Å². The molecular formula is C27H36O5Si. The Morgan fingerprint density at radius 1 is 1.00 bits per heavy atom. The maximum atomic E-state index is 11.7. The van der Waals surface area contributed by atoms with Crippen LogP contribution in [0.15, 0.2) is 60.7 Å². The van der Waals surface area contributed by atoms with Crippen LogP contribution in [-0.4, -0.2) is 51.9 Å². The van der Waals surface area contributed by atoms with E-state index in [1.54, 1.807) is 0 Å². The van der Waals surface area contributed by atoms with Gasteiger partial charge in [0.2, 0.25) is 0 Å². The van der Waals surface area contributed by atoms with Gasteiger partial charge in [-0.1, -0.05) is 81.4 Å². The van der Waals surface area contributed by atoms with Crippen molar-refractivity contribution in [2.75, 3.05) is 13.2 Å². The molecule has 2 aromatic carbocycles. The minimum Gasteiger partial charge on any atom is -0.402 e. The van der Waals surface area contributed by atoms with Gasteiger partial charge in [0.15, 0.2) is 5.79 Å². The minimum atomic E-state index is -2.75. The SMILES string of the molecule is CC1(C)OC[C@@H]([C@H]2OC[C@H](O[Si](c3ccccc3)(c3ccccc3)C(C)(C)C)[C@@H]2CC=O)O1. The minimum absolute atomic E-state index is 0.0911. The average Bonchev–Trinajstić information content (AvgIpc) is 3.35. The van der Waals surface area contributed by atoms with E-state index in [1.807, 2.05) is 26.0 Å². The fraction of sp³-hybridized carbons (Fsp3) is 0.519. The van der Waals surface area contributed by atoms with Crippen LogP contribution in [-0.2, 0) is 23.4 Å². The summed E-state index contributed by atoms with van der Waals surface area (Å²) in [5.74, 6) is -0.733. The standard InChI is InChI=1S/C27H36O5Si/c1-26(2,3)33(20-12-8-6-9-13-20,21-14-10-7-11-15-21)32-23-18-29-25(22(23)16-17-28)24-19-30-27(4,5)31-24/h6-15,17,22-25H,16,18-19H2,1-5H3/t22-,23-,24-,25-/m0/s1. The first kappa shape index (κ1) is 24.3. The fourth-order valence-corrected chi connectivity index (χ4v) is 10.1. The van der Waals surface area contributed by atoms with E-state index in [0.29, 0.717) is 19.6 Å². The van der Waals surface area contributed by atoms with Crippen LogP contribution in [0.4, 0.5) is 0 Å². The van der Waals surface area contributed by atoms with E-state index in [2.05, 4.69) is 69.3 Å². The predicted molar refractivity (Wildman–Crippen MR) is 131 cm³/mol. The lowest BCUT2D eigenvalue weighted by Gasteiger charge is -2.45. The highest BCUT2D eigenvalue weighted by atomic mass is 28.4. The van der Waals surface area contributed by atoms with Crippen molar-refractivity contribution in [3.8, 4) is 0 Å². The third kappa shape index (κ3) is 4.73. The van der Waals surface area contributed by atoms with E-state index in [1.165, 1.54) is 10.4 Å². The van der Waals surface area contributed by atoms with E-state index < -0.39 is 14.1 Å². The molecule has 2 aliphatic heterocycles. The summed E-state index contributed by atoms with van der Waals surface area (Å²) < 4.78 is 25.5. The Bertz CT molecular complexity index is 885. The van der Waals surface area contributed by atoms with Gasteiger partial charge in [0.25, 0.3) is 8.32 Å². The van der Waals surface area contributed by atoms with Gasteiger partial charge in [-0.2, -0.15) is 0 Å². The van der Waals surface area contributed by atoms with E-state index in [0.717, 1.165) is 6.29 Å². The molecule has 0 bridgehead atoms. The van der Waals surface area contributed by atoms with Crippen molar-refractivity contribution in [3.05, 3.63) is 60.7 Å². The summed E-state index contributed by atoms with van der Waals surface area (Å²) in [4.78, 5) is 11.7. The number of rotatable bonds is 7. The van der Waals surface area contributed by atoms with Crippen molar-refractivity contribution in [1.82, 2.24) is 0 Å². The van der Waals surface area contributed by atoms with Crippen LogP contribution < -0.4 is 10.4 Å². The zero-order valence-electron chi connectivity index (χ0n) is 20.3. The molecule has 2 fully saturated rings. The Balaban J connectivity index is 1.74. The highest BCUT2D eigenvalue weighted by Crippen LogP contribution is 2.41. The zero-order chi connectivity index (χ0) is 23.7. The topological polar surface area (TPSA) is 54.0 Å². The normalized spacial score (nSPS) is 27.5. The summed E-state index contributed by atoms with van der Waals surface area (Å²) in [5.41, 5.74) is 0. The monoisotopic (exact) mass is 468 g/mol. The molecule has 0 aliphatic carbocycles. The summed E-state index contributed by atoms with van der Waals surface area (Å²) in [6, 6.07) is 21.1. The lowest BCUT2D eigenvalue weighted by atomic mass is 9.93. The Kier molecular flexibility index (Phi) is 6.94. The highest BCUT2D eigenvalue weighted by molar-refractivity contribution is 6.99. The Labute approximate surface area is 198 Å². The second-order valence-corrected chi connectivity index (χ2v) is 14.8. The summed E-state index contributed by atoms with van der Waals surface area (Å²) in [7, 11) is -2.75. The fourth-order valence-electron chi connectivity index (χ4n) is 5.36. The molecule has 0 amide bonds.